The van der Waals surface area contributed by atoms with Crippen LogP contribution < -0.4 is 0 Å². The van der Waals surface area contributed by atoms with Gasteiger partial charge in [0.2, 0.25) is 0 Å². The van der Waals surface area contributed by atoms with Crippen molar-refractivity contribution in [1.82, 2.24) is 0 Å². The van der Waals surface area contributed by atoms with Gasteiger partial charge in [0, 0.05) is 16.5 Å². The largest absolute Gasteiger partial charge is 0.252 e. The maximum Gasteiger partial charge on any atom is 0.0665 e. The molecular weight excluding hydrogens is 939 g/mol. The van der Waals surface area contributed by atoms with Crippen molar-refractivity contribution in [2.45, 2.75) is 342 Å². The molecule has 0 atom stereocenters. The van der Waals surface area contributed by atoms with E-state index in [1.54, 1.807) is 0 Å². The fraction of sp³-hybridized carbons (Fsp3) is 0.746. The Hall–Kier alpha value is -2.25. The molecule has 0 bridgehead atoms. The summed E-state index contributed by atoms with van der Waals surface area (Å²) >= 11 is 0. The molecule has 0 aliphatic heterocycles. The van der Waals surface area contributed by atoms with E-state index in [9.17, 15) is 0 Å². The third-order valence-electron chi connectivity index (χ3n) is 15.7. The Balaban J connectivity index is 0.0000274. The normalized spacial score (nSPS) is 12.2. The van der Waals surface area contributed by atoms with Crippen LogP contribution in [0.25, 0.3) is 0 Å². The minimum absolute atomic E-state index is 0. The average molecular weight is 1060 g/mol. The van der Waals surface area contributed by atoms with Gasteiger partial charge in [-0.15, -0.1) is 0 Å². The number of para-hydroxylation sites is 2. The first-order valence-electron chi connectivity index (χ1n) is 32.8. The predicted molar refractivity (Wildman–Crippen MR) is 332 cm³/mol. The van der Waals surface area contributed by atoms with Crippen LogP contribution in [0, 0.1) is 0 Å². The number of hydrogen-bond donors (Lipinski definition) is 0. The summed E-state index contributed by atoms with van der Waals surface area (Å²) in [6.07, 6.45) is 77.7. The molecule has 0 aromatic heterocycles. The molecule has 0 saturated carbocycles. The van der Waals surface area contributed by atoms with Crippen molar-refractivity contribution in [2.75, 3.05) is 0 Å². The Bertz CT molecular complexity index is 1600. The van der Waals surface area contributed by atoms with Crippen LogP contribution in [0.15, 0.2) is 82.8 Å². The van der Waals surface area contributed by atoms with Crippen LogP contribution in [0.2, 0.25) is 0 Å². The van der Waals surface area contributed by atoms with Gasteiger partial charge in [-0.25, -0.2) is 0 Å². The van der Waals surface area contributed by atoms with E-state index in [1.165, 1.54) is 294 Å². The fourth-order valence-corrected chi connectivity index (χ4v) is 10.8. The summed E-state index contributed by atoms with van der Waals surface area (Å²) in [7, 11) is 0. The molecule has 2 nitrogen and oxygen atoms in total. The molecule has 2 aromatic rings. The summed E-state index contributed by atoms with van der Waals surface area (Å²) in [5, 5.41) is 0. The number of nitrogens with zero attached hydrogens (tertiary/aromatic N) is 2. The molecular formula is C71H122N2Ni. The van der Waals surface area contributed by atoms with Crippen molar-refractivity contribution in [1.29, 1.82) is 0 Å². The minimum atomic E-state index is 0. The molecule has 0 N–H and O–H groups in total. The molecule has 426 valence electrons. The Kier molecular flexibility index (Phi) is 52.3. The molecule has 0 fully saturated rings. The third kappa shape index (κ3) is 42.8. The summed E-state index contributed by atoms with van der Waals surface area (Å²) in [6.45, 7) is 8.97. The van der Waals surface area contributed by atoms with E-state index >= 15 is 0 Å². The Labute approximate surface area is 472 Å². The van der Waals surface area contributed by atoms with Gasteiger partial charge in [-0.3, -0.25) is 9.98 Å². The first-order chi connectivity index (χ1) is 36.2. The van der Waals surface area contributed by atoms with Gasteiger partial charge in [0.15, 0.2) is 0 Å². The van der Waals surface area contributed by atoms with E-state index in [4.69, 9.17) is 9.98 Å². The minimum Gasteiger partial charge on any atom is -0.252 e. The number of aryl methyl sites for hydroxylation is 2. The summed E-state index contributed by atoms with van der Waals surface area (Å²) in [5.74, 6) is 0. The number of hydrogen-bond acceptors (Lipinski definition) is 2. The zero-order valence-electron chi connectivity index (χ0n) is 49.8. The van der Waals surface area contributed by atoms with E-state index in [-0.39, 0.29) is 16.5 Å². The van der Waals surface area contributed by atoms with Crippen LogP contribution in [0.1, 0.15) is 341 Å². The van der Waals surface area contributed by atoms with Crippen LogP contribution in [0.3, 0.4) is 0 Å². The molecule has 2 rings (SSSR count). The van der Waals surface area contributed by atoms with Gasteiger partial charge >= 0.3 is 0 Å². The van der Waals surface area contributed by atoms with Gasteiger partial charge in [0.05, 0.1) is 22.8 Å². The van der Waals surface area contributed by atoms with Crippen molar-refractivity contribution in [3.05, 3.63) is 84.0 Å². The molecule has 0 amide bonds. The van der Waals surface area contributed by atoms with Crippen LogP contribution in [0.4, 0.5) is 11.4 Å². The zero-order chi connectivity index (χ0) is 52.0. The number of rotatable bonds is 54. The third-order valence-corrected chi connectivity index (χ3v) is 15.7. The van der Waals surface area contributed by atoms with Crippen molar-refractivity contribution in [3.8, 4) is 0 Å². The molecule has 0 saturated heterocycles. The number of allylic oxidation sites excluding steroid dienone is 4. The molecule has 0 spiro atoms. The van der Waals surface area contributed by atoms with Crippen LogP contribution in [-0.2, 0) is 29.3 Å². The van der Waals surface area contributed by atoms with E-state index < -0.39 is 0 Å². The number of benzene rings is 2. The van der Waals surface area contributed by atoms with Gasteiger partial charge in [0.25, 0.3) is 0 Å². The molecule has 0 aliphatic rings. The van der Waals surface area contributed by atoms with Crippen molar-refractivity contribution in [3.63, 3.8) is 0 Å². The second-order valence-corrected chi connectivity index (χ2v) is 22.6. The van der Waals surface area contributed by atoms with Crippen LogP contribution in [0.5, 0.6) is 0 Å². The van der Waals surface area contributed by atoms with Gasteiger partial charge in [-0.1, -0.05) is 338 Å². The fourth-order valence-electron chi connectivity index (χ4n) is 10.8. The first kappa shape index (κ1) is 69.8. The predicted octanol–water partition coefficient (Wildman–Crippen LogP) is 25.1. The smallest absolute Gasteiger partial charge is 0.0665 e. The van der Waals surface area contributed by atoms with Crippen molar-refractivity contribution < 1.29 is 16.5 Å². The topological polar surface area (TPSA) is 24.7 Å². The molecule has 0 unspecified atom stereocenters. The summed E-state index contributed by atoms with van der Waals surface area (Å²) in [5.41, 5.74) is 6.96. The average Bonchev–Trinajstić information content (AvgIpc) is 3.40. The molecule has 0 heterocycles. The van der Waals surface area contributed by atoms with E-state index in [0.29, 0.717) is 0 Å². The van der Waals surface area contributed by atoms with Gasteiger partial charge in [0.1, 0.15) is 0 Å². The monoisotopic (exact) mass is 1060 g/mol. The molecule has 3 heteroatoms. The maximum atomic E-state index is 5.23. The number of aliphatic imine (C=N–C) groups is 2. The van der Waals surface area contributed by atoms with E-state index in [2.05, 4.69) is 101 Å². The van der Waals surface area contributed by atoms with E-state index in [0.717, 1.165) is 54.9 Å². The molecule has 0 radical (unpaired) electrons. The van der Waals surface area contributed by atoms with Crippen LogP contribution >= 0.6 is 0 Å². The van der Waals surface area contributed by atoms with Gasteiger partial charge < -0.3 is 0 Å². The maximum absolute atomic E-state index is 5.23. The van der Waals surface area contributed by atoms with Crippen LogP contribution in [-0.4, -0.2) is 11.4 Å². The molecule has 2 aromatic carbocycles. The summed E-state index contributed by atoms with van der Waals surface area (Å²) < 4.78 is 0. The van der Waals surface area contributed by atoms with E-state index in [1.807, 2.05) is 0 Å². The zero-order valence-corrected chi connectivity index (χ0v) is 50.8. The Morgan fingerprint density at radius 2 is 0.554 bits per heavy atom. The SMILES string of the molecule is CCCCCCCCCCCCCCCCCCCCCCC/C=C/CCc1ccccc1/N=C(CC)\C(C)=N\c1ccccc1CC/C=C/CCCCCCCCCCCCCCCCCCCCCCC.[Ni]. The Morgan fingerprint density at radius 1 is 0.311 bits per heavy atom. The number of unbranched alkanes of at least 4 members (excludes halogenated alkanes) is 42. The second kappa shape index (κ2) is 55.5. The summed E-state index contributed by atoms with van der Waals surface area (Å²) in [4.78, 5) is 10.4. The standard InChI is InChI=1S/C71H122N2.Ni/c1-5-8-10-12-14-16-18-20-22-24-26-28-30-32-34-36-38-40-42-44-46-48-50-52-54-60-67-62-56-58-64-70(67)72-66(4)69(7-3)73-71-65-59-57-63-68(71)61-55-53-51-49-47-45-43-41-39-37-35-33-31-29-27-25-23-21-19-17-15-13-11-9-6-2;/h50-53,56-59,62-65H,5-49,54-55,60-61H2,1-4H3;/b52-50+,53-51+,72-66+,73-69-;. The molecule has 74 heavy (non-hydrogen) atoms. The first-order valence-corrected chi connectivity index (χ1v) is 32.8. The van der Waals surface area contributed by atoms with Gasteiger partial charge in [-0.2, -0.15) is 0 Å². The van der Waals surface area contributed by atoms with Gasteiger partial charge in [-0.05, 0) is 88.0 Å². The summed E-state index contributed by atoms with van der Waals surface area (Å²) in [6, 6.07) is 17.5. The molecule has 0 aliphatic carbocycles. The van der Waals surface area contributed by atoms with Crippen molar-refractivity contribution in [2.24, 2.45) is 9.98 Å². The Morgan fingerprint density at radius 3 is 0.838 bits per heavy atom. The van der Waals surface area contributed by atoms with Crippen molar-refractivity contribution >= 4 is 22.8 Å². The second-order valence-electron chi connectivity index (χ2n) is 22.6. The quantitative estimate of drug-likeness (QED) is 0.0273.